The average Bonchev–Trinajstić information content (AvgIpc) is 2.46. The highest BCUT2D eigenvalue weighted by Gasteiger charge is 2.34. The van der Waals surface area contributed by atoms with Crippen LogP contribution in [0, 0.1) is 0 Å². The maximum absolute atomic E-state index is 12.8. The van der Waals surface area contributed by atoms with Crippen LogP contribution < -0.4 is 5.56 Å². The minimum absolute atomic E-state index is 0.215. The summed E-state index contributed by atoms with van der Waals surface area (Å²) < 4.78 is 38.3. The molecule has 0 fully saturated rings. The summed E-state index contributed by atoms with van der Waals surface area (Å²) in [5.41, 5.74) is -1.80. The number of rotatable bonds is 1. The first kappa shape index (κ1) is 13.4. The van der Waals surface area contributed by atoms with Crippen LogP contribution in [0.15, 0.2) is 53.6 Å². The topological polar surface area (TPSA) is 45.8 Å². The van der Waals surface area contributed by atoms with Crippen LogP contribution in [0.2, 0.25) is 0 Å². The van der Waals surface area contributed by atoms with E-state index in [1.165, 1.54) is 6.20 Å². The number of hydrogen-bond donors (Lipinski definition) is 1. The molecule has 0 atom stereocenters. The summed E-state index contributed by atoms with van der Waals surface area (Å²) in [4.78, 5) is 17.5. The molecule has 1 aromatic carbocycles. The second-order valence-electron chi connectivity index (χ2n) is 4.55. The van der Waals surface area contributed by atoms with Crippen molar-refractivity contribution in [1.82, 2.24) is 9.97 Å². The molecule has 0 aliphatic carbocycles. The first-order valence-electron chi connectivity index (χ1n) is 6.10. The summed E-state index contributed by atoms with van der Waals surface area (Å²) >= 11 is 0. The minimum Gasteiger partial charge on any atom is -0.328 e. The van der Waals surface area contributed by atoms with Gasteiger partial charge in [0.2, 0.25) is 0 Å². The third-order valence-electron chi connectivity index (χ3n) is 3.14. The molecule has 0 aliphatic heterocycles. The molecule has 3 nitrogen and oxygen atoms in total. The van der Waals surface area contributed by atoms with Crippen LogP contribution in [0.1, 0.15) is 5.56 Å². The van der Waals surface area contributed by atoms with Crippen LogP contribution in [0.3, 0.4) is 0 Å². The lowest BCUT2D eigenvalue weighted by molar-refractivity contribution is -0.138. The lowest BCUT2D eigenvalue weighted by atomic mass is 10.1. The molecular formula is C15H9F3N2O. The molecule has 0 bridgehead atoms. The molecule has 2 heterocycles. The van der Waals surface area contributed by atoms with Crippen LogP contribution in [0.4, 0.5) is 13.2 Å². The Balaban J connectivity index is 2.16. The Hall–Kier alpha value is -2.63. The van der Waals surface area contributed by atoms with E-state index in [4.69, 9.17) is 0 Å². The smallest absolute Gasteiger partial charge is 0.328 e. The van der Waals surface area contributed by atoms with Gasteiger partial charge < -0.3 is 4.98 Å². The number of hydrogen-bond acceptors (Lipinski definition) is 2. The Kier molecular flexibility index (Phi) is 3.01. The molecule has 106 valence electrons. The van der Waals surface area contributed by atoms with Crippen molar-refractivity contribution >= 4 is 10.8 Å². The van der Waals surface area contributed by atoms with Crippen molar-refractivity contribution in [2.75, 3.05) is 0 Å². The highest BCUT2D eigenvalue weighted by Crippen LogP contribution is 2.29. The predicted molar refractivity (Wildman–Crippen MR) is 72.8 cm³/mol. The van der Waals surface area contributed by atoms with Gasteiger partial charge in [-0.25, -0.2) is 0 Å². The number of fused-ring (bicyclic) bond motifs is 1. The van der Waals surface area contributed by atoms with Crippen LogP contribution >= 0.6 is 0 Å². The Morgan fingerprint density at radius 3 is 2.48 bits per heavy atom. The molecule has 1 N–H and O–H groups in total. The van der Waals surface area contributed by atoms with Crippen molar-refractivity contribution in [3.63, 3.8) is 0 Å². The van der Waals surface area contributed by atoms with Gasteiger partial charge in [-0.2, -0.15) is 13.2 Å². The van der Waals surface area contributed by atoms with Gasteiger partial charge in [0, 0.05) is 23.3 Å². The lowest BCUT2D eigenvalue weighted by Gasteiger charge is -2.08. The van der Waals surface area contributed by atoms with E-state index in [0.29, 0.717) is 5.69 Å². The second kappa shape index (κ2) is 4.73. The quantitative estimate of drug-likeness (QED) is 0.744. The molecule has 0 amide bonds. The van der Waals surface area contributed by atoms with Crippen molar-refractivity contribution in [3.8, 4) is 11.3 Å². The number of aromatic amines is 1. The molecule has 0 aliphatic rings. The predicted octanol–water partition coefficient (Wildman–Crippen LogP) is 3.61. The van der Waals surface area contributed by atoms with E-state index in [-0.39, 0.29) is 5.56 Å². The number of benzene rings is 1. The number of H-pyrrole nitrogens is 1. The van der Waals surface area contributed by atoms with Gasteiger partial charge in [-0.3, -0.25) is 9.78 Å². The van der Waals surface area contributed by atoms with E-state index in [1.807, 2.05) is 24.3 Å². The van der Waals surface area contributed by atoms with E-state index in [0.717, 1.165) is 16.8 Å². The van der Waals surface area contributed by atoms with E-state index in [9.17, 15) is 18.0 Å². The molecule has 0 radical (unpaired) electrons. The second-order valence-corrected chi connectivity index (χ2v) is 4.55. The van der Waals surface area contributed by atoms with E-state index < -0.39 is 17.3 Å². The summed E-state index contributed by atoms with van der Waals surface area (Å²) in [5, 5.41) is 1.75. The Morgan fingerprint density at radius 1 is 1.05 bits per heavy atom. The lowest BCUT2D eigenvalue weighted by Crippen LogP contribution is -2.21. The van der Waals surface area contributed by atoms with Gasteiger partial charge in [0.25, 0.3) is 5.56 Å². The molecule has 21 heavy (non-hydrogen) atoms. The molecule has 6 heteroatoms. The van der Waals surface area contributed by atoms with Crippen molar-refractivity contribution < 1.29 is 13.2 Å². The fourth-order valence-electron chi connectivity index (χ4n) is 2.08. The summed E-state index contributed by atoms with van der Waals surface area (Å²) in [6.07, 6.45) is -1.88. The standard InChI is InChI=1S/C15H9F3N2O/c16-15(17,18)12-5-11(8-20-14(12)21)13-6-9-3-1-2-4-10(9)7-19-13/h1-8H,(H,20,21). The maximum atomic E-state index is 12.8. The van der Waals surface area contributed by atoms with Gasteiger partial charge in [0.1, 0.15) is 5.56 Å². The van der Waals surface area contributed by atoms with Gasteiger partial charge in [0.05, 0.1) is 5.69 Å². The van der Waals surface area contributed by atoms with Gasteiger partial charge >= 0.3 is 6.18 Å². The minimum atomic E-state index is -4.69. The zero-order chi connectivity index (χ0) is 15.0. The number of pyridine rings is 2. The zero-order valence-electron chi connectivity index (χ0n) is 10.6. The SMILES string of the molecule is O=c1[nH]cc(-c2cc3ccccc3cn2)cc1C(F)(F)F. The maximum Gasteiger partial charge on any atom is 0.421 e. The first-order chi connectivity index (χ1) is 9.95. The molecular weight excluding hydrogens is 281 g/mol. The first-order valence-corrected chi connectivity index (χ1v) is 6.10. The summed E-state index contributed by atoms with van der Waals surface area (Å²) in [7, 11) is 0. The molecule has 3 rings (SSSR count). The van der Waals surface area contributed by atoms with Crippen LogP contribution in [-0.2, 0) is 6.18 Å². The van der Waals surface area contributed by atoms with Crippen LogP contribution in [0.25, 0.3) is 22.0 Å². The van der Waals surface area contributed by atoms with Gasteiger partial charge in [0.15, 0.2) is 0 Å². The number of alkyl halides is 3. The zero-order valence-corrected chi connectivity index (χ0v) is 10.6. The van der Waals surface area contributed by atoms with Crippen molar-refractivity contribution in [2.24, 2.45) is 0 Å². The van der Waals surface area contributed by atoms with Gasteiger partial charge in [-0.05, 0) is 17.5 Å². The highest BCUT2D eigenvalue weighted by molar-refractivity contribution is 5.85. The highest BCUT2D eigenvalue weighted by atomic mass is 19.4. The van der Waals surface area contributed by atoms with Crippen molar-refractivity contribution in [1.29, 1.82) is 0 Å². The third-order valence-corrected chi connectivity index (χ3v) is 3.14. The monoisotopic (exact) mass is 290 g/mol. The fourth-order valence-corrected chi connectivity index (χ4v) is 2.08. The average molecular weight is 290 g/mol. The Labute approximate surface area is 117 Å². The normalized spacial score (nSPS) is 11.8. The molecule has 0 saturated carbocycles. The molecule has 0 spiro atoms. The third kappa shape index (κ3) is 2.52. The van der Waals surface area contributed by atoms with Gasteiger partial charge in [-0.15, -0.1) is 0 Å². The van der Waals surface area contributed by atoms with Crippen molar-refractivity contribution in [2.45, 2.75) is 6.18 Å². The summed E-state index contributed by atoms with van der Waals surface area (Å²) in [6.45, 7) is 0. The Bertz CT molecular complexity index is 868. The molecule has 3 aromatic rings. The van der Waals surface area contributed by atoms with E-state index in [1.54, 1.807) is 12.3 Å². The van der Waals surface area contributed by atoms with Crippen LogP contribution in [-0.4, -0.2) is 9.97 Å². The number of halogens is 3. The van der Waals surface area contributed by atoms with Gasteiger partial charge in [-0.1, -0.05) is 24.3 Å². The Morgan fingerprint density at radius 2 is 1.76 bits per heavy atom. The summed E-state index contributed by atoms with van der Waals surface area (Å²) in [6, 6.07) is 9.89. The molecule has 0 unspecified atom stereocenters. The van der Waals surface area contributed by atoms with Crippen LogP contribution in [0.5, 0.6) is 0 Å². The molecule has 0 saturated heterocycles. The summed E-state index contributed by atoms with van der Waals surface area (Å²) in [5.74, 6) is 0. The fraction of sp³-hybridized carbons (Fsp3) is 0.0667. The molecule has 2 aromatic heterocycles. The number of aromatic nitrogens is 2. The van der Waals surface area contributed by atoms with Crippen molar-refractivity contribution in [3.05, 3.63) is 64.7 Å². The largest absolute Gasteiger partial charge is 0.421 e. The number of nitrogens with one attached hydrogen (secondary N) is 1. The number of nitrogens with zero attached hydrogens (tertiary/aromatic N) is 1. The van der Waals surface area contributed by atoms with E-state index >= 15 is 0 Å². The van der Waals surface area contributed by atoms with E-state index in [2.05, 4.69) is 9.97 Å².